The van der Waals surface area contributed by atoms with Crippen molar-refractivity contribution in [1.29, 1.82) is 0 Å². The molecule has 0 aromatic heterocycles. The van der Waals surface area contributed by atoms with Crippen molar-refractivity contribution in [2.45, 2.75) is 32.7 Å². The average molecular weight is 212 g/mol. The van der Waals surface area contributed by atoms with Crippen LogP contribution >= 0.6 is 11.6 Å². The molecule has 0 radical (unpaired) electrons. The molecule has 14 heavy (non-hydrogen) atoms. The number of hydrogen-bond donors (Lipinski definition) is 1. The van der Waals surface area contributed by atoms with Gasteiger partial charge in [-0.25, -0.2) is 0 Å². The number of halogens is 1. The third kappa shape index (κ3) is 2.49. The molecule has 0 saturated heterocycles. The second kappa shape index (κ2) is 4.81. The van der Waals surface area contributed by atoms with Crippen LogP contribution in [-0.4, -0.2) is 6.04 Å². The van der Waals surface area contributed by atoms with Gasteiger partial charge in [0.2, 0.25) is 0 Å². The van der Waals surface area contributed by atoms with Crippen molar-refractivity contribution >= 4 is 11.6 Å². The second-order valence-corrected chi connectivity index (χ2v) is 4.54. The van der Waals surface area contributed by atoms with Gasteiger partial charge in [-0.15, -0.1) is 0 Å². The molecule has 0 aliphatic rings. The Morgan fingerprint density at radius 2 is 1.71 bits per heavy atom. The summed E-state index contributed by atoms with van der Waals surface area (Å²) < 4.78 is 0. The van der Waals surface area contributed by atoms with Crippen molar-refractivity contribution in [2.75, 3.05) is 0 Å². The molecule has 2 N–H and O–H groups in total. The third-order valence-electron chi connectivity index (χ3n) is 2.74. The lowest BCUT2D eigenvalue weighted by atomic mass is 9.87. The first-order valence-corrected chi connectivity index (χ1v) is 5.42. The van der Waals surface area contributed by atoms with E-state index in [1.165, 1.54) is 0 Å². The Balaban J connectivity index is 2.89. The van der Waals surface area contributed by atoms with E-state index < -0.39 is 0 Å². The van der Waals surface area contributed by atoms with Crippen LogP contribution in [0, 0.1) is 5.92 Å². The van der Waals surface area contributed by atoms with Crippen molar-refractivity contribution in [1.82, 2.24) is 0 Å². The van der Waals surface area contributed by atoms with E-state index in [0.29, 0.717) is 11.8 Å². The van der Waals surface area contributed by atoms with E-state index in [4.69, 9.17) is 17.3 Å². The second-order valence-electron chi connectivity index (χ2n) is 4.13. The minimum atomic E-state index is 0.162. The van der Waals surface area contributed by atoms with Gasteiger partial charge in [0, 0.05) is 11.1 Å². The lowest BCUT2D eigenvalue weighted by molar-refractivity contribution is 0.434. The Morgan fingerprint density at radius 1 is 1.14 bits per heavy atom. The highest BCUT2D eigenvalue weighted by atomic mass is 35.5. The molecule has 2 heteroatoms. The summed E-state index contributed by atoms with van der Waals surface area (Å²) in [6, 6.07) is 8.08. The maximum absolute atomic E-state index is 6.11. The number of nitrogens with two attached hydrogens (primary N) is 1. The van der Waals surface area contributed by atoms with Crippen molar-refractivity contribution in [2.24, 2.45) is 11.7 Å². The van der Waals surface area contributed by atoms with Gasteiger partial charge in [-0.2, -0.15) is 0 Å². The van der Waals surface area contributed by atoms with Crippen LogP contribution in [0.2, 0.25) is 5.02 Å². The summed E-state index contributed by atoms with van der Waals surface area (Å²) in [5.74, 6) is 0.782. The molecule has 0 heterocycles. The van der Waals surface area contributed by atoms with Gasteiger partial charge in [0.05, 0.1) is 0 Å². The van der Waals surface area contributed by atoms with E-state index in [1.807, 2.05) is 18.2 Å². The van der Waals surface area contributed by atoms with Crippen LogP contribution in [0.1, 0.15) is 32.3 Å². The minimum Gasteiger partial charge on any atom is -0.327 e. The van der Waals surface area contributed by atoms with Crippen LogP contribution in [0.5, 0.6) is 0 Å². The van der Waals surface area contributed by atoms with Gasteiger partial charge in [0.15, 0.2) is 0 Å². The Hall–Kier alpha value is -0.530. The number of hydrogen-bond acceptors (Lipinski definition) is 1. The third-order valence-corrected chi connectivity index (χ3v) is 3.09. The van der Waals surface area contributed by atoms with E-state index in [1.54, 1.807) is 0 Å². The van der Waals surface area contributed by atoms with Crippen LogP contribution in [0.15, 0.2) is 24.3 Å². The lowest BCUT2D eigenvalue weighted by Crippen LogP contribution is -2.32. The van der Waals surface area contributed by atoms with Gasteiger partial charge in [-0.1, -0.05) is 50.6 Å². The highest BCUT2D eigenvalue weighted by Crippen LogP contribution is 2.28. The van der Waals surface area contributed by atoms with E-state index in [9.17, 15) is 0 Å². The molecular formula is C12H18ClN. The average Bonchev–Trinajstić information content (AvgIpc) is 2.16. The zero-order chi connectivity index (χ0) is 10.7. The van der Waals surface area contributed by atoms with Crippen LogP contribution in [0.25, 0.3) is 0 Å². The first kappa shape index (κ1) is 11.5. The zero-order valence-corrected chi connectivity index (χ0v) is 9.75. The molecule has 0 aliphatic heterocycles. The van der Waals surface area contributed by atoms with E-state index in [-0.39, 0.29) is 6.04 Å². The Kier molecular flexibility index (Phi) is 3.97. The quantitative estimate of drug-likeness (QED) is 0.815. The molecule has 1 aromatic rings. The van der Waals surface area contributed by atoms with Crippen LogP contribution in [0.3, 0.4) is 0 Å². The highest BCUT2D eigenvalue weighted by molar-refractivity contribution is 6.31. The predicted molar refractivity (Wildman–Crippen MR) is 62.7 cm³/mol. The zero-order valence-electron chi connectivity index (χ0n) is 9.00. The molecule has 0 spiro atoms. The molecular weight excluding hydrogens is 194 g/mol. The fourth-order valence-electron chi connectivity index (χ4n) is 1.63. The Morgan fingerprint density at radius 3 is 2.21 bits per heavy atom. The summed E-state index contributed by atoms with van der Waals surface area (Å²) in [4.78, 5) is 0. The van der Waals surface area contributed by atoms with Gasteiger partial charge in [0.25, 0.3) is 0 Å². The molecule has 1 rings (SSSR count). The van der Waals surface area contributed by atoms with Gasteiger partial charge in [0.1, 0.15) is 0 Å². The first-order chi connectivity index (χ1) is 6.54. The summed E-state index contributed by atoms with van der Waals surface area (Å²) in [5.41, 5.74) is 7.25. The maximum atomic E-state index is 6.11. The summed E-state index contributed by atoms with van der Waals surface area (Å²) >= 11 is 6.11. The molecule has 0 amide bonds. The van der Waals surface area contributed by atoms with Gasteiger partial charge >= 0.3 is 0 Å². The molecule has 0 aliphatic carbocycles. The van der Waals surface area contributed by atoms with Crippen LogP contribution < -0.4 is 5.73 Å². The molecule has 0 bridgehead atoms. The van der Waals surface area contributed by atoms with Gasteiger partial charge < -0.3 is 5.73 Å². The van der Waals surface area contributed by atoms with E-state index in [2.05, 4.69) is 26.8 Å². The van der Waals surface area contributed by atoms with E-state index >= 15 is 0 Å². The van der Waals surface area contributed by atoms with Crippen LogP contribution in [-0.2, 0) is 0 Å². The molecule has 2 atom stereocenters. The molecule has 2 unspecified atom stereocenters. The maximum Gasteiger partial charge on any atom is 0.0441 e. The first-order valence-electron chi connectivity index (χ1n) is 5.04. The van der Waals surface area contributed by atoms with Crippen molar-refractivity contribution in [3.63, 3.8) is 0 Å². The standard InChI is InChI=1S/C12H18ClN/c1-8(2)12(14)9(3)10-6-4-5-7-11(10)13/h4-9,12H,14H2,1-3H3. The van der Waals surface area contributed by atoms with Crippen molar-refractivity contribution in [3.05, 3.63) is 34.9 Å². The molecule has 1 aromatic carbocycles. The number of benzene rings is 1. The molecule has 78 valence electrons. The Labute approximate surface area is 91.3 Å². The minimum absolute atomic E-state index is 0.162. The van der Waals surface area contributed by atoms with Crippen molar-refractivity contribution in [3.8, 4) is 0 Å². The summed E-state index contributed by atoms with van der Waals surface area (Å²) in [5, 5.41) is 0.816. The normalized spacial score (nSPS) is 15.6. The fourth-order valence-corrected chi connectivity index (χ4v) is 1.94. The monoisotopic (exact) mass is 211 g/mol. The smallest absolute Gasteiger partial charge is 0.0441 e. The lowest BCUT2D eigenvalue weighted by Gasteiger charge is -2.24. The van der Waals surface area contributed by atoms with Crippen molar-refractivity contribution < 1.29 is 0 Å². The molecule has 1 nitrogen and oxygen atoms in total. The number of rotatable bonds is 3. The van der Waals surface area contributed by atoms with E-state index in [0.717, 1.165) is 10.6 Å². The highest BCUT2D eigenvalue weighted by Gasteiger charge is 2.19. The molecule has 0 saturated carbocycles. The summed E-state index contributed by atoms with van der Waals surface area (Å²) in [7, 11) is 0. The summed E-state index contributed by atoms with van der Waals surface area (Å²) in [6.45, 7) is 6.40. The topological polar surface area (TPSA) is 26.0 Å². The SMILES string of the molecule is CC(C)C(N)C(C)c1ccccc1Cl. The van der Waals surface area contributed by atoms with Gasteiger partial charge in [-0.05, 0) is 23.5 Å². The Bertz CT molecular complexity index is 296. The fraction of sp³-hybridized carbons (Fsp3) is 0.500. The largest absolute Gasteiger partial charge is 0.327 e. The molecule has 0 fully saturated rings. The summed E-state index contributed by atoms with van der Waals surface area (Å²) in [6.07, 6.45) is 0. The van der Waals surface area contributed by atoms with Crippen LogP contribution in [0.4, 0.5) is 0 Å². The van der Waals surface area contributed by atoms with Gasteiger partial charge in [-0.3, -0.25) is 0 Å². The predicted octanol–water partition coefficient (Wildman–Crippen LogP) is 3.43.